The predicted molar refractivity (Wildman–Crippen MR) is 105 cm³/mol. The fourth-order valence-corrected chi connectivity index (χ4v) is 3.01. The lowest BCUT2D eigenvalue weighted by Gasteiger charge is -2.35. The lowest BCUT2D eigenvalue weighted by atomic mass is 10.2. The van der Waals surface area contributed by atoms with Crippen molar-refractivity contribution in [2.45, 2.75) is 39.0 Å². The van der Waals surface area contributed by atoms with Crippen molar-refractivity contribution in [1.82, 2.24) is 21.1 Å². The summed E-state index contributed by atoms with van der Waals surface area (Å²) in [6.07, 6.45) is 0.817. The summed E-state index contributed by atoms with van der Waals surface area (Å²) < 4.78 is 10.8. The molecule has 0 spiro atoms. The monoisotopic (exact) mass is 380 g/mol. The van der Waals surface area contributed by atoms with Gasteiger partial charge in [0.2, 0.25) is 5.91 Å². The summed E-state index contributed by atoms with van der Waals surface area (Å²) in [6, 6.07) is 7.69. The van der Waals surface area contributed by atoms with Crippen molar-refractivity contribution in [3.8, 4) is 5.75 Å². The van der Waals surface area contributed by atoms with E-state index in [1.165, 1.54) is 0 Å². The Hall–Kier alpha value is -1.90. The van der Waals surface area contributed by atoms with Crippen LogP contribution in [0, 0.1) is 0 Å². The Labute approximate surface area is 160 Å². The highest BCUT2D eigenvalue weighted by Gasteiger charge is 2.22. The van der Waals surface area contributed by atoms with Crippen LogP contribution < -0.4 is 20.9 Å². The first-order valence-electron chi connectivity index (χ1n) is 8.79. The minimum absolute atomic E-state index is 0.0922. The van der Waals surface area contributed by atoms with Gasteiger partial charge in [0, 0.05) is 32.6 Å². The standard InChI is InChI=1S/C18H28N4O3S/c1-13-11-22(12-14(2)25-13)9-8-17(23)20-21-18(26)19-10-15-4-6-16(24-3)7-5-15/h4-7,13-14H,8-12H2,1-3H3,(H,20,23)(H2,19,21,26)/t13-,14-/m0/s1. The first-order valence-corrected chi connectivity index (χ1v) is 9.20. The summed E-state index contributed by atoms with van der Waals surface area (Å²) >= 11 is 5.17. The lowest BCUT2D eigenvalue weighted by molar-refractivity contribution is -0.123. The maximum absolute atomic E-state index is 12.0. The molecule has 0 unspecified atom stereocenters. The van der Waals surface area contributed by atoms with Gasteiger partial charge in [-0.25, -0.2) is 0 Å². The van der Waals surface area contributed by atoms with Crippen LogP contribution in [0.5, 0.6) is 5.75 Å². The Kier molecular flexibility index (Phi) is 8.08. The zero-order valence-corrected chi connectivity index (χ0v) is 16.4. The van der Waals surface area contributed by atoms with Crippen LogP contribution in [0.3, 0.4) is 0 Å². The Morgan fingerprint density at radius 2 is 1.88 bits per heavy atom. The van der Waals surface area contributed by atoms with Crippen molar-refractivity contribution >= 4 is 23.2 Å². The van der Waals surface area contributed by atoms with Crippen LogP contribution in [0.4, 0.5) is 0 Å². The quantitative estimate of drug-likeness (QED) is 0.506. The maximum atomic E-state index is 12.0. The molecule has 1 saturated heterocycles. The highest BCUT2D eigenvalue weighted by atomic mass is 32.1. The Morgan fingerprint density at radius 3 is 2.50 bits per heavy atom. The molecular weight excluding hydrogens is 352 g/mol. The summed E-state index contributed by atoms with van der Waals surface area (Å²) in [7, 11) is 1.63. The molecular formula is C18H28N4O3S. The molecule has 8 heteroatoms. The number of nitrogens with zero attached hydrogens (tertiary/aromatic N) is 1. The molecule has 1 aliphatic rings. The summed E-state index contributed by atoms with van der Waals surface area (Å²) in [5, 5.41) is 3.42. The lowest BCUT2D eigenvalue weighted by Crippen LogP contribution is -2.49. The van der Waals surface area contributed by atoms with Crippen LogP contribution >= 0.6 is 12.2 Å². The van der Waals surface area contributed by atoms with Gasteiger partial charge in [0.25, 0.3) is 0 Å². The number of hydrogen-bond acceptors (Lipinski definition) is 5. The van der Waals surface area contributed by atoms with E-state index in [0.717, 1.165) is 24.4 Å². The fraction of sp³-hybridized carbons (Fsp3) is 0.556. The van der Waals surface area contributed by atoms with Crippen molar-refractivity contribution in [2.24, 2.45) is 0 Å². The molecule has 1 heterocycles. The van der Waals surface area contributed by atoms with Crippen LogP contribution in [0.25, 0.3) is 0 Å². The van der Waals surface area contributed by atoms with Crippen LogP contribution in [0.2, 0.25) is 0 Å². The number of methoxy groups -OCH3 is 1. The minimum Gasteiger partial charge on any atom is -0.497 e. The van der Waals surface area contributed by atoms with Crippen LogP contribution in [-0.4, -0.2) is 54.9 Å². The number of rotatable bonds is 6. The highest BCUT2D eigenvalue weighted by Crippen LogP contribution is 2.11. The van der Waals surface area contributed by atoms with Crippen molar-refractivity contribution in [3.63, 3.8) is 0 Å². The second-order valence-electron chi connectivity index (χ2n) is 6.47. The molecule has 0 saturated carbocycles. The average Bonchev–Trinajstić information content (AvgIpc) is 2.62. The molecule has 0 bridgehead atoms. The maximum Gasteiger partial charge on any atom is 0.239 e. The third kappa shape index (κ3) is 7.15. The van der Waals surface area contributed by atoms with E-state index in [-0.39, 0.29) is 18.1 Å². The van der Waals surface area contributed by atoms with E-state index < -0.39 is 0 Å². The summed E-state index contributed by atoms with van der Waals surface area (Å²) in [5.41, 5.74) is 6.43. The largest absolute Gasteiger partial charge is 0.497 e. The molecule has 0 aromatic heterocycles. The smallest absolute Gasteiger partial charge is 0.239 e. The zero-order chi connectivity index (χ0) is 18.9. The van der Waals surface area contributed by atoms with Gasteiger partial charge in [-0.15, -0.1) is 0 Å². The minimum atomic E-state index is -0.0922. The molecule has 1 fully saturated rings. The van der Waals surface area contributed by atoms with E-state index in [1.807, 2.05) is 24.3 Å². The molecule has 7 nitrogen and oxygen atoms in total. The van der Waals surface area contributed by atoms with Gasteiger partial charge in [-0.1, -0.05) is 12.1 Å². The molecule has 2 atom stereocenters. The van der Waals surface area contributed by atoms with Gasteiger partial charge < -0.3 is 14.8 Å². The summed E-state index contributed by atoms with van der Waals surface area (Å²) in [4.78, 5) is 14.2. The number of ether oxygens (including phenoxy) is 2. The van der Waals surface area contributed by atoms with Crippen LogP contribution in [-0.2, 0) is 16.1 Å². The van der Waals surface area contributed by atoms with Crippen molar-refractivity contribution in [3.05, 3.63) is 29.8 Å². The number of hydrazine groups is 1. The van der Waals surface area contributed by atoms with Crippen molar-refractivity contribution in [2.75, 3.05) is 26.7 Å². The van der Waals surface area contributed by atoms with Crippen LogP contribution in [0.1, 0.15) is 25.8 Å². The second-order valence-corrected chi connectivity index (χ2v) is 6.88. The van der Waals surface area contributed by atoms with Gasteiger partial charge in [-0.05, 0) is 43.8 Å². The van der Waals surface area contributed by atoms with Gasteiger partial charge in [0.1, 0.15) is 5.75 Å². The Morgan fingerprint density at radius 1 is 1.23 bits per heavy atom. The predicted octanol–water partition coefficient (Wildman–Crippen LogP) is 1.19. The topological polar surface area (TPSA) is 74.9 Å². The SMILES string of the molecule is COc1ccc(CNC(=S)NNC(=O)CCN2C[C@H](C)O[C@@H](C)C2)cc1. The molecule has 1 aliphatic heterocycles. The third-order valence-electron chi connectivity index (χ3n) is 4.08. The van der Waals surface area contributed by atoms with Crippen molar-refractivity contribution < 1.29 is 14.3 Å². The number of amides is 1. The molecule has 2 rings (SSSR count). The normalized spacial score (nSPS) is 20.3. The van der Waals surface area contributed by atoms with E-state index in [4.69, 9.17) is 21.7 Å². The van der Waals surface area contributed by atoms with Gasteiger partial charge in [0.05, 0.1) is 19.3 Å². The number of carbonyl (C=O) groups is 1. The zero-order valence-electron chi connectivity index (χ0n) is 15.6. The van der Waals surface area contributed by atoms with Gasteiger partial charge >= 0.3 is 0 Å². The van der Waals surface area contributed by atoms with Crippen molar-refractivity contribution in [1.29, 1.82) is 0 Å². The first kappa shape index (κ1) is 20.4. The molecule has 1 aromatic carbocycles. The molecule has 1 aromatic rings. The molecule has 3 N–H and O–H groups in total. The van der Waals surface area contributed by atoms with Gasteiger partial charge in [0.15, 0.2) is 5.11 Å². The first-order chi connectivity index (χ1) is 12.5. The number of benzene rings is 1. The number of nitrogens with one attached hydrogen (secondary N) is 3. The fourth-order valence-electron chi connectivity index (χ4n) is 2.89. The number of morpholine rings is 1. The van der Waals surface area contributed by atoms with Crippen LogP contribution in [0.15, 0.2) is 24.3 Å². The van der Waals surface area contributed by atoms with E-state index in [9.17, 15) is 4.79 Å². The Balaban J connectivity index is 1.61. The molecule has 0 aliphatic carbocycles. The van der Waals surface area contributed by atoms with Gasteiger partial charge in [-0.3, -0.25) is 20.5 Å². The van der Waals surface area contributed by atoms with E-state index >= 15 is 0 Å². The number of hydrogen-bond donors (Lipinski definition) is 3. The third-order valence-corrected chi connectivity index (χ3v) is 4.32. The van der Waals surface area contributed by atoms with E-state index in [1.54, 1.807) is 7.11 Å². The molecule has 144 valence electrons. The molecule has 0 radical (unpaired) electrons. The average molecular weight is 381 g/mol. The van der Waals surface area contributed by atoms with E-state index in [2.05, 4.69) is 34.9 Å². The van der Waals surface area contributed by atoms with Gasteiger partial charge in [-0.2, -0.15) is 0 Å². The Bertz CT molecular complexity index is 587. The number of thiocarbonyl (C=S) groups is 1. The number of carbonyl (C=O) groups excluding carboxylic acids is 1. The summed E-state index contributed by atoms with van der Waals surface area (Å²) in [6.45, 7) is 7.08. The molecule has 26 heavy (non-hydrogen) atoms. The molecule has 1 amide bonds. The summed E-state index contributed by atoms with van der Waals surface area (Å²) in [5.74, 6) is 0.719. The second kappa shape index (κ2) is 10.3. The van der Waals surface area contributed by atoms with E-state index in [0.29, 0.717) is 24.6 Å². The highest BCUT2D eigenvalue weighted by molar-refractivity contribution is 7.80.